The summed E-state index contributed by atoms with van der Waals surface area (Å²) in [7, 11) is 0. The van der Waals surface area contributed by atoms with Gasteiger partial charge in [-0.2, -0.15) is 0 Å². The Morgan fingerprint density at radius 1 is 1.30 bits per heavy atom. The first-order valence-corrected chi connectivity index (χ1v) is 7.31. The van der Waals surface area contributed by atoms with E-state index in [0.717, 1.165) is 24.5 Å². The maximum Gasteiger partial charge on any atom is 0.138 e. The van der Waals surface area contributed by atoms with Crippen LogP contribution in [0.1, 0.15) is 26.3 Å². The molecule has 0 aliphatic heterocycles. The van der Waals surface area contributed by atoms with Gasteiger partial charge in [0.1, 0.15) is 5.75 Å². The summed E-state index contributed by atoms with van der Waals surface area (Å²) in [5.41, 5.74) is 2.25. The summed E-state index contributed by atoms with van der Waals surface area (Å²) in [5.74, 6) is 0.726. The number of nitrogens with zero attached hydrogens (tertiary/aromatic N) is 1. The zero-order valence-electron chi connectivity index (χ0n) is 12.2. The molecule has 0 spiro atoms. The molecule has 1 aromatic carbocycles. The van der Waals surface area contributed by atoms with Crippen LogP contribution in [0.4, 0.5) is 5.69 Å². The van der Waals surface area contributed by atoms with E-state index in [0.29, 0.717) is 5.02 Å². The molecule has 0 fully saturated rings. The van der Waals surface area contributed by atoms with Gasteiger partial charge in [-0.25, -0.2) is 0 Å². The zero-order chi connectivity index (χ0) is 14.5. The Hall–Kier alpha value is -1.61. The van der Waals surface area contributed by atoms with E-state index in [4.69, 9.17) is 16.3 Å². The van der Waals surface area contributed by atoms with E-state index >= 15 is 0 Å². The molecule has 0 saturated carbocycles. The fourth-order valence-electron chi connectivity index (χ4n) is 1.96. The Morgan fingerprint density at radius 3 is 2.70 bits per heavy atom. The van der Waals surface area contributed by atoms with Crippen molar-refractivity contribution < 1.29 is 4.74 Å². The standard InChI is InChI=1S/C16H21ClN2O/c1-4-19-8-7-13(11-19)10-18-14-5-6-16(15(17)9-14)20-12(2)3/h5-9,11-12,18H,4,10H2,1-3H3. The molecule has 0 amide bonds. The van der Waals surface area contributed by atoms with E-state index in [1.165, 1.54) is 5.56 Å². The van der Waals surface area contributed by atoms with Gasteiger partial charge in [-0.15, -0.1) is 0 Å². The largest absolute Gasteiger partial charge is 0.489 e. The van der Waals surface area contributed by atoms with Crippen LogP contribution < -0.4 is 10.1 Å². The van der Waals surface area contributed by atoms with Crippen molar-refractivity contribution in [2.75, 3.05) is 5.32 Å². The average molecular weight is 293 g/mol. The topological polar surface area (TPSA) is 26.2 Å². The lowest BCUT2D eigenvalue weighted by Crippen LogP contribution is -2.06. The third-order valence-corrected chi connectivity index (χ3v) is 3.26. The lowest BCUT2D eigenvalue weighted by Gasteiger charge is -2.13. The summed E-state index contributed by atoms with van der Waals surface area (Å²) in [6.45, 7) is 7.88. The Kier molecular flexibility index (Phi) is 4.96. The molecule has 0 bridgehead atoms. The predicted molar refractivity (Wildman–Crippen MR) is 84.6 cm³/mol. The van der Waals surface area contributed by atoms with Crippen LogP contribution in [0.25, 0.3) is 0 Å². The zero-order valence-corrected chi connectivity index (χ0v) is 12.9. The van der Waals surface area contributed by atoms with E-state index in [1.54, 1.807) is 0 Å². The van der Waals surface area contributed by atoms with Gasteiger partial charge in [-0.05, 0) is 50.6 Å². The van der Waals surface area contributed by atoms with Gasteiger partial charge < -0.3 is 14.6 Å². The number of aryl methyl sites for hydroxylation is 1. The Bertz CT molecular complexity index is 563. The maximum atomic E-state index is 6.21. The number of aromatic nitrogens is 1. The number of rotatable bonds is 6. The van der Waals surface area contributed by atoms with Crippen LogP contribution in [-0.2, 0) is 13.1 Å². The number of ether oxygens (including phenoxy) is 1. The van der Waals surface area contributed by atoms with Crippen LogP contribution >= 0.6 is 11.6 Å². The molecular weight excluding hydrogens is 272 g/mol. The molecule has 0 aliphatic carbocycles. The number of hydrogen-bond acceptors (Lipinski definition) is 2. The fraction of sp³-hybridized carbons (Fsp3) is 0.375. The first-order valence-electron chi connectivity index (χ1n) is 6.93. The van der Waals surface area contributed by atoms with Gasteiger partial charge >= 0.3 is 0 Å². The minimum absolute atomic E-state index is 0.125. The highest BCUT2D eigenvalue weighted by atomic mass is 35.5. The molecule has 4 heteroatoms. The predicted octanol–water partition coefficient (Wildman–Crippen LogP) is 4.56. The summed E-state index contributed by atoms with van der Waals surface area (Å²) in [5, 5.41) is 4.00. The molecule has 108 valence electrons. The van der Waals surface area contributed by atoms with Crippen LogP contribution in [0.15, 0.2) is 36.7 Å². The van der Waals surface area contributed by atoms with Crippen molar-refractivity contribution in [2.24, 2.45) is 0 Å². The normalized spacial score (nSPS) is 10.8. The number of hydrogen-bond donors (Lipinski definition) is 1. The third kappa shape index (κ3) is 3.94. The lowest BCUT2D eigenvalue weighted by atomic mass is 10.2. The SMILES string of the molecule is CCn1ccc(CNc2ccc(OC(C)C)c(Cl)c2)c1. The number of halogens is 1. The summed E-state index contributed by atoms with van der Waals surface area (Å²) in [6.07, 6.45) is 4.36. The third-order valence-electron chi connectivity index (χ3n) is 2.97. The number of benzene rings is 1. The van der Waals surface area contributed by atoms with Crippen molar-refractivity contribution in [3.8, 4) is 5.75 Å². The van der Waals surface area contributed by atoms with Crippen LogP contribution in [0.5, 0.6) is 5.75 Å². The van der Waals surface area contributed by atoms with Gasteiger partial charge in [-0.3, -0.25) is 0 Å². The monoisotopic (exact) mass is 292 g/mol. The maximum absolute atomic E-state index is 6.21. The van der Waals surface area contributed by atoms with E-state index in [2.05, 4.69) is 35.3 Å². The Morgan fingerprint density at radius 2 is 2.10 bits per heavy atom. The molecule has 2 rings (SSSR count). The van der Waals surface area contributed by atoms with Gasteiger partial charge in [0.25, 0.3) is 0 Å². The molecule has 0 unspecified atom stereocenters. The number of anilines is 1. The molecule has 0 radical (unpaired) electrons. The van der Waals surface area contributed by atoms with Crippen molar-refractivity contribution >= 4 is 17.3 Å². The van der Waals surface area contributed by atoms with Crippen molar-refractivity contribution in [1.82, 2.24) is 4.57 Å². The highest BCUT2D eigenvalue weighted by Gasteiger charge is 2.05. The lowest BCUT2D eigenvalue weighted by molar-refractivity contribution is 0.242. The first-order chi connectivity index (χ1) is 9.58. The smallest absolute Gasteiger partial charge is 0.138 e. The molecule has 20 heavy (non-hydrogen) atoms. The second kappa shape index (κ2) is 6.71. The Balaban J connectivity index is 1.97. The van der Waals surface area contributed by atoms with Crippen LogP contribution in [0.2, 0.25) is 5.02 Å². The first kappa shape index (κ1) is 14.8. The van der Waals surface area contributed by atoms with Crippen LogP contribution in [-0.4, -0.2) is 10.7 Å². The summed E-state index contributed by atoms with van der Waals surface area (Å²) in [4.78, 5) is 0. The van der Waals surface area contributed by atoms with Crippen molar-refractivity contribution in [1.29, 1.82) is 0 Å². The van der Waals surface area contributed by atoms with Crippen LogP contribution in [0, 0.1) is 0 Å². The minimum atomic E-state index is 0.125. The Labute approximate surface area is 125 Å². The summed E-state index contributed by atoms with van der Waals surface area (Å²) < 4.78 is 7.77. The molecule has 1 N–H and O–H groups in total. The van der Waals surface area contributed by atoms with E-state index in [-0.39, 0.29) is 6.10 Å². The van der Waals surface area contributed by atoms with Crippen LogP contribution in [0.3, 0.4) is 0 Å². The van der Waals surface area contributed by atoms with Gasteiger partial charge in [0, 0.05) is 31.2 Å². The van der Waals surface area contributed by atoms with Gasteiger partial charge in [0.2, 0.25) is 0 Å². The second-order valence-corrected chi connectivity index (χ2v) is 5.42. The number of nitrogens with one attached hydrogen (secondary N) is 1. The van der Waals surface area contributed by atoms with Gasteiger partial charge in [0.05, 0.1) is 11.1 Å². The van der Waals surface area contributed by atoms with Crippen molar-refractivity contribution in [3.63, 3.8) is 0 Å². The fourth-order valence-corrected chi connectivity index (χ4v) is 2.18. The van der Waals surface area contributed by atoms with Crippen molar-refractivity contribution in [2.45, 2.75) is 40.0 Å². The summed E-state index contributed by atoms with van der Waals surface area (Å²) >= 11 is 6.21. The quantitative estimate of drug-likeness (QED) is 0.844. The van der Waals surface area contributed by atoms with E-state index < -0.39 is 0 Å². The van der Waals surface area contributed by atoms with Gasteiger partial charge in [0.15, 0.2) is 0 Å². The minimum Gasteiger partial charge on any atom is -0.489 e. The van der Waals surface area contributed by atoms with Crippen molar-refractivity contribution in [3.05, 3.63) is 47.2 Å². The second-order valence-electron chi connectivity index (χ2n) is 5.02. The highest BCUT2D eigenvalue weighted by molar-refractivity contribution is 6.32. The molecule has 0 aliphatic rings. The molecule has 3 nitrogen and oxygen atoms in total. The summed E-state index contributed by atoms with van der Waals surface area (Å²) in [6, 6.07) is 7.91. The molecule has 2 aromatic rings. The molecular formula is C16H21ClN2O. The van der Waals surface area contributed by atoms with E-state index in [1.807, 2.05) is 32.0 Å². The van der Waals surface area contributed by atoms with Gasteiger partial charge in [-0.1, -0.05) is 11.6 Å². The average Bonchev–Trinajstić information content (AvgIpc) is 2.87. The highest BCUT2D eigenvalue weighted by Crippen LogP contribution is 2.28. The molecule has 0 atom stereocenters. The molecule has 1 heterocycles. The molecule has 0 saturated heterocycles. The molecule has 1 aromatic heterocycles. The van der Waals surface area contributed by atoms with E-state index in [9.17, 15) is 0 Å².